The molecule has 0 spiro atoms. The zero-order valence-corrected chi connectivity index (χ0v) is 28.8. The first kappa shape index (κ1) is 32.6. The molecule has 7 rings (SSSR count). The Morgan fingerprint density at radius 2 is 1.65 bits per heavy atom. The van der Waals surface area contributed by atoms with E-state index in [0.29, 0.717) is 77.9 Å². The molecule has 0 aromatic heterocycles. The number of nitrogens with one attached hydrogen (secondary N) is 1. The number of carbonyl (C=O) groups excluding carboxylic acids is 2. The predicted molar refractivity (Wildman–Crippen MR) is 184 cm³/mol. The highest BCUT2D eigenvalue weighted by Crippen LogP contribution is 2.41. The van der Waals surface area contributed by atoms with Gasteiger partial charge in [-0.05, 0) is 91.3 Å². The van der Waals surface area contributed by atoms with Gasteiger partial charge < -0.3 is 34.1 Å². The summed E-state index contributed by atoms with van der Waals surface area (Å²) in [5, 5.41) is 4.77. The van der Waals surface area contributed by atoms with Crippen molar-refractivity contribution >= 4 is 40.6 Å². The Kier molecular flexibility index (Phi) is 9.20. The van der Waals surface area contributed by atoms with Crippen molar-refractivity contribution in [1.29, 1.82) is 0 Å². The van der Waals surface area contributed by atoms with E-state index in [0.717, 1.165) is 40.7 Å². The first-order valence-electron chi connectivity index (χ1n) is 16.4. The van der Waals surface area contributed by atoms with Gasteiger partial charge in [0.05, 0.1) is 11.1 Å². The Hall–Kier alpha value is -3.92. The molecule has 1 N–H and O–H groups in total. The van der Waals surface area contributed by atoms with E-state index < -0.39 is 0 Å². The molecule has 0 radical (unpaired) electrons. The molecule has 3 aliphatic heterocycles. The van der Waals surface area contributed by atoms with E-state index in [9.17, 15) is 9.59 Å². The second-order valence-corrected chi connectivity index (χ2v) is 13.8. The van der Waals surface area contributed by atoms with Crippen molar-refractivity contribution in [3.05, 3.63) is 86.4 Å². The van der Waals surface area contributed by atoms with Crippen molar-refractivity contribution in [1.82, 2.24) is 15.1 Å². The van der Waals surface area contributed by atoms with E-state index in [4.69, 9.17) is 42.1 Å². The lowest BCUT2D eigenvalue weighted by Gasteiger charge is -2.44. The van der Waals surface area contributed by atoms with Crippen LogP contribution in [0.5, 0.6) is 23.0 Å². The summed E-state index contributed by atoms with van der Waals surface area (Å²) in [5.74, 6) is 2.56. The average molecular weight is 693 g/mol. The first-order valence-corrected chi connectivity index (χ1v) is 17.2. The van der Waals surface area contributed by atoms with Crippen LogP contribution in [-0.4, -0.2) is 72.8 Å². The maximum Gasteiger partial charge on any atom is 0.252 e. The second-order valence-electron chi connectivity index (χ2n) is 13.0. The number of rotatable bonds is 10. The number of hydrogen-bond acceptors (Lipinski definition) is 7. The van der Waals surface area contributed by atoms with Crippen LogP contribution in [0, 0.1) is 13.8 Å². The van der Waals surface area contributed by atoms with Gasteiger partial charge in [-0.2, -0.15) is 0 Å². The molecule has 9 nitrogen and oxygen atoms in total. The van der Waals surface area contributed by atoms with E-state index >= 15 is 0 Å². The molecule has 1 saturated carbocycles. The molecule has 2 bridgehead atoms. The number of halogens is 2. The van der Waals surface area contributed by atoms with Gasteiger partial charge in [-0.25, -0.2) is 0 Å². The molecule has 1 saturated heterocycles. The van der Waals surface area contributed by atoms with Crippen molar-refractivity contribution < 1.29 is 28.5 Å². The van der Waals surface area contributed by atoms with Crippen LogP contribution < -0.4 is 24.3 Å². The van der Waals surface area contributed by atoms with E-state index in [-0.39, 0.29) is 36.7 Å². The average Bonchev–Trinajstić information content (AvgIpc) is 3.81. The molecule has 0 unspecified atom stereocenters. The molecular weight excluding hydrogens is 653 g/mol. The zero-order valence-electron chi connectivity index (χ0n) is 27.3. The highest BCUT2D eigenvalue weighted by Gasteiger charge is 2.43. The molecule has 2 amide bonds. The van der Waals surface area contributed by atoms with Crippen LogP contribution in [0.2, 0.25) is 10.0 Å². The summed E-state index contributed by atoms with van der Waals surface area (Å²) >= 11 is 13.0. The van der Waals surface area contributed by atoms with E-state index in [1.54, 1.807) is 13.0 Å². The van der Waals surface area contributed by atoms with Gasteiger partial charge in [0.15, 0.2) is 11.5 Å². The van der Waals surface area contributed by atoms with Crippen LogP contribution in [0.4, 0.5) is 0 Å². The lowest BCUT2D eigenvalue weighted by molar-refractivity contribution is -0.132. The molecule has 3 heterocycles. The minimum absolute atomic E-state index is 0.0122. The summed E-state index contributed by atoms with van der Waals surface area (Å²) in [6, 6.07) is 15.2. The smallest absolute Gasteiger partial charge is 0.252 e. The maximum atomic E-state index is 14.7. The fourth-order valence-electron chi connectivity index (χ4n) is 6.72. The fraction of sp³-hybridized carbons (Fsp3) is 0.405. The molecule has 3 aromatic rings. The SMILES string of the molecule is CC(=O)N1C[C@H]2CC(c3ccc(OCCOc4cc(C)c(C)cc4Cl)cc3)=C(C(=O)N(Cc3cc4c(cc3Cl)OCO4)C3CC3)[C@@H](C1)N2. The summed E-state index contributed by atoms with van der Waals surface area (Å²) in [7, 11) is 0. The van der Waals surface area contributed by atoms with Crippen LogP contribution in [0.1, 0.15) is 48.4 Å². The molecule has 1 aliphatic carbocycles. The van der Waals surface area contributed by atoms with E-state index in [1.165, 1.54) is 0 Å². The normalized spacial score (nSPS) is 19.7. The van der Waals surface area contributed by atoms with Gasteiger partial charge in [0, 0.05) is 55.3 Å². The third-order valence-electron chi connectivity index (χ3n) is 9.57. The number of piperazine rings is 1. The third kappa shape index (κ3) is 6.81. The quantitative estimate of drug-likeness (QED) is 0.249. The van der Waals surface area contributed by atoms with Gasteiger partial charge in [-0.1, -0.05) is 35.3 Å². The fourth-order valence-corrected chi connectivity index (χ4v) is 7.21. The molecule has 4 aliphatic rings. The summed E-state index contributed by atoms with van der Waals surface area (Å²) in [4.78, 5) is 30.9. The number of aryl methyl sites for hydroxylation is 2. The Morgan fingerprint density at radius 3 is 2.38 bits per heavy atom. The Bertz CT molecular complexity index is 1770. The number of benzene rings is 3. The van der Waals surface area contributed by atoms with E-state index in [1.807, 2.05) is 66.1 Å². The highest BCUT2D eigenvalue weighted by atomic mass is 35.5. The molecule has 2 fully saturated rings. The summed E-state index contributed by atoms with van der Waals surface area (Å²) in [5.41, 5.74) is 5.71. The van der Waals surface area contributed by atoms with Crippen molar-refractivity contribution in [3.63, 3.8) is 0 Å². The summed E-state index contributed by atoms with van der Waals surface area (Å²) in [6.07, 6.45) is 2.49. The minimum atomic E-state index is -0.289. The third-order valence-corrected chi connectivity index (χ3v) is 10.2. The van der Waals surface area contributed by atoms with Gasteiger partial charge in [0.1, 0.15) is 24.7 Å². The van der Waals surface area contributed by atoms with Crippen molar-refractivity contribution in [3.8, 4) is 23.0 Å². The summed E-state index contributed by atoms with van der Waals surface area (Å²) in [6.45, 7) is 7.87. The molecule has 3 aromatic carbocycles. The summed E-state index contributed by atoms with van der Waals surface area (Å²) < 4.78 is 23.0. The van der Waals surface area contributed by atoms with E-state index in [2.05, 4.69) is 5.32 Å². The molecule has 2 atom stereocenters. The van der Waals surface area contributed by atoms with Crippen LogP contribution in [-0.2, 0) is 16.1 Å². The number of fused-ring (bicyclic) bond motifs is 3. The standard InChI is InChI=1S/C37H39Cl2N3O6/c1-21-12-31(39)33(13-22(21)2)46-11-10-45-28-8-4-24(5-9-28)29-15-26-18-41(23(3)43)19-32(40-26)36(29)37(44)42(27-6-7-27)17-25-14-34-35(16-30(25)38)48-20-47-34/h4-5,8-9,12-14,16,26-27,32,40H,6-7,10-11,15,17-20H2,1-3H3/t26-,32-/m1/s1. The van der Waals surface area contributed by atoms with Crippen LogP contribution in [0.25, 0.3) is 5.57 Å². The number of ether oxygens (including phenoxy) is 4. The van der Waals surface area contributed by atoms with Crippen molar-refractivity contribution in [2.24, 2.45) is 0 Å². The van der Waals surface area contributed by atoms with Gasteiger partial charge in [0.2, 0.25) is 12.7 Å². The van der Waals surface area contributed by atoms with Crippen LogP contribution in [0.3, 0.4) is 0 Å². The van der Waals surface area contributed by atoms with Crippen LogP contribution >= 0.6 is 23.2 Å². The topological polar surface area (TPSA) is 89.6 Å². The second kappa shape index (κ2) is 13.5. The van der Waals surface area contributed by atoms with Gasteiger partial charge >= 0.3 is 0 Å². The largest absolute Gasteiger partial charge is 0.490 e. The molecule has 48 heavy (non-hydrogen) atoms. The monoisotopic (exact) mass is 691 g/mol. The maximum absolute atomic E-state index is 14.7. The number of carbonyl (C=O) groups is 2. The minimum Gasteiger partial charge on any atom is -0.490 e. The predicted octanol–water partition coefficient (Wildman–Crippen LogP) is 6.33. The van der Waals surface area contributed by atoms with Gasteiger partial charge in [0.25, 0.3) is 5.91 Å². The zero-order chi connectivity index (χ0) is 33.5. The van der Waals surface area contributed by atoms with Gasteiger partial charge in [-0.15, -0.1) is 0 Å². The van der Waals surface area contributed by atoms with Crippen molar-refractivity contribution in [2.45, 2.75) is 64.7 Å². The van der Waals surface area contributed by atoms with Gasteiger partial charge in [-0.3, -0.25) is 9.59 Å². The van der Waals surface area contributed by atoms with Crippen LogP contribution in [0.15, 0.2) is 54.1 Å². The molecule has 11 heteroatoms. The first-order chi connectivity index (χ1) is 23.1. The Labute approximate surface area is 290 Å². The molecule has 252 valence electrons. The lowest BCUT2D eigenvalue weighted by atomic mass is 9.82. The molecular formula is C37H39Cl2N3O6. The Balaban J connectivity index is 1.12. The van der Waals surface area contributed by atoms with Crippen molar-refractivity contribution in [2.75, 3.05) is 33.1 Å². The number of nitrogens with zero attached hydrogens (tertiary/aromatic N) is 2. The number of hydrogen-bond donors (Lipinski definition) is 1. The number of amides is 2. The lowest BCUT2D eigenvalue weighted by Crippen LogP contribution is -2.61. The Morgan fingerprint density at radius 1 is 0.938 bits per heavy atom. The highest BCUT2D eigenvalue weighted by molar-refractivity contribution is 6.32.